The van der Waals surface area contributed by atoms with Crippen LogP contribution in [0.4, 0.5) is 0 Å². The number of ether oxygens (including phenoxy) is 2. The van der Waals surface area contributed by atoms with Gasteiger partial charge in [0, 0.05) is 16.9 Å². The fourth-order valence-corrected chi connectivity index (χ4v) is 5.47. The molecule has 0 radical (unpaired) electrons. The van der Waals surface area contributed by atoms with Crippen LogP contribution in [0.15, 0.2) is 87.6 Å². The number of rotatable bonds is 5. The van der Waals surface area contributed by atoms with Gasteiger partial charge >= 0.3 is 5.97 Å². The van der Waals surface area contributed by atoms with Gasteiger partial charge in [-0.1, -0.05) is 47.6 Å². The third-order valence-electron chi connectivity index (χ3n) is 6.79. The first-order valence-corrected chi connectivity index (χ1v) is 11.5. The van der Waals surface area contributed by atoms with Crippen LogP contribution in [0.25, 0.3) is 16.8 Å². The van der Waals surface area contributed by atoms with E-state index in [1.54, 1.807) is 13.4 Å². The summed E-state index contributed by atoms with van der Waals surface area (Å²) in [6.45, 7) is 4.24. The van der Waals surface area contributed by atoms with Gasteiger partial charge in [-0.25, -0.2) is 4.79 Å². The maximum Gasteiger partial charge on any atom is 0.334 e. The van der Waals surface area contributed by atoms with Crippen LogP contribution in [-0.2, 0) is 9.53 Å². The number of furan rings is 1. The molecule has 0 aliphatic heterocycles. The van der Waals surface area contributed by atoms with E-state index < -0.39 is 0 Å². The lowest BCUT2D eigenvalue weighted by atomic mass is 9.71. The lowest BCUT2D eigenvalue weighted by Crippen LogP contribution is -2.25. The van der Waals surface area contributed by atoms with Gasteiger partial charge in [0.2, 0.25) is 0 Å². The quantitative estimate of drug-likeness (QED) is 0.408. The van der Waals surface area contributed by atoms with Gasteiger partial charge in [0.25, 0.3) is 0 Å². The first-order chi connectivity index (χ1) is 16.1. The summed E-state index contributed by atoms with van der Waals surface area (Å²) in [7, 11) is 1.69. The summed E-state index contributed by atoms with van der Waals surface area (Å²) in [5, 5.41) is 2.17. The van der Waals surface area contributed by atoms with Crippen LogP contribution in [0.3, 0.4) is 0 Å². The second-order valence-electron chi connectivity index (χ2n) is 8.72. The molecule has 0 amide bonds. The lowest BCUT2D eigenvalue weighted by Gasteiger charge is -2.32. The first kappa shape index (κ1) is 21.3. The number of carbonyl (C=O) groups excluding carboxylic acids is 1. The molecule has 2 aliphatic carbocycles. The molecule has 1 fully saturated rings. The average Bonchev–Trinajstić information content (AvgIpc) is 3.47. The minimum Gasteiger partial charge on any atom is -0.496 e. The summed E-state index contributed by atoms with van der Waals surface area (Å²) in [4.78, 5) is 13.2. The largest absolute Gasteiger partial charge is 0.496 e. The maximum absolute atomic E-state index is 13.2. The molecule has 3 aromatic rings. The van der Waals surface area contributed by atoms with E-state index in [0.717, 1.165) is 51.8 Å². The molecular weight excluding hydrogens is 412 g/mol. The number of carbonyl (C=O) groups is 1. The lowest BCUT2D eigenvalue weighted by molar-refractivity contribution is -0.139. The minimum atomic E-state index is -0.223. The fraction of sp³-hybridized carbons (Fsp3) is 0.276. The van der Waals surface area contributed by atoms with Gasteiger partial charge in [0.15, 0.2) is 0 Å². The Hall–Kier alpha value is -3.53. The Labute approximate surface area is 194 Å². The molecule has 33 heavy (non-hydrogen) atoms. The van der Waals surface area contributed by atoms with Crippen LogP contribution in [0.5, 0.6) is 5.75 Å². The first-order valence-electron chi connectivity index (χ1n) is 11.5. The summed E-state index contributed by atoms with van der Waals surface area (Å²) in [6.07, 6.45) is 7.81. The van der Waals surface area contributed by atoms with Gasteiger partial charge < -0.3 is 13.9 Å². The van der Waals surface area contributed by atoms with Crippen LogP contribution in [0.2, 0.25) is 0 Å². The van der Waals surface area contributed by atoms with Crippen LogP contribution >= 0.6 is 0 Å². The van der Waals surface area contributed by atoms with Crippen LogP contribution in [0, 0.1) is 5.92 Å². The monoisotopic (exact) mass is 440 g/mol. The second-order valence-corrected chi connectivity index (χ2v) is 8.72. The number of methoxy groups -OCH3 is 1. The van der Waals surface area contributed by atoms with Crippen molar-refractivity contribution in [2.24, 2.45) is 5.92 Å². The topological polar surface area (TPSA) is 48.7 Å². The number of allylic oxidation sites excluding steroid dienone is 4. The molecule has 1 saturated carbocycles. The van der Waals surface area contributed by atoms with Crippen molar-refractivity contribution >= 4 is 22.8 Å². The molecule has 5 rings (SSSR count). The second kappa shape index (κ2) is 8.78. The average molecular weight is 441 g/mol. The van der Waals surface area contributed by atoms with Crippen molar-refractivity contribution in [1.82, 2.24) is 0 Å². The van der Waals surface area contributed by atoms with Gasteiger partial charge in [-0.05, 0) is 73.4 Å². The Kier molecular flexibility index (Phi) is 5.67. The van der Waals surface area contributed by atoms with Crippen molar-refractivity contribution < 1.29 is 18.7 Å². The molecule has 2 aromatic carbocycles. The highest BCUT2D eigenvalue weighted by atomic mass is 16.5. The fourth-order valence-electron chi connectivity index (χ4n) is 5.47. The maximum atomic E-state index is 13.2. The Balaban J connectivity index is 1.66. The Bertz CT molecular complexity index is 1290. The normalized spacial score (nSPS) is 21.3. The smallest absolute Gasteiger partial charge is 0.334 e. The molecule has 4 heteroatoms. The highest BCUT2D eigenvalue weighted by Gasteiger charge is 2.41. The number of esters is 1. The molecule has 2 aliphatic rings. The van der Waals surface area contributed by atoms with Gasteiger partial charge in [-0.2, -0.15) is 0 Å². The minimum absolute atomic E-state index is 0.0812. The number of benzene rings is 2. The predicted octanol–water partition coefficient (Wildman–Crippen LogP) is 6.84. The van der Waals surface area contributed by atoms with Gasteiger partial charge in [-0.15, -0.1) is 0 Å². The predicted molar refractivity (Wildman–Crippen MR) is 130 cm³/mol. The number of hydrogen-bond acceptors (Lipinski definition) is 4. The summed E-state index contributed by atoms with van der Waals surface area (Å²) in [6, 6.07) is 16.3. The number of fused-ring (bicyclic) bond motifs is 2. The Morgan fingerprint density at radius 1 is 1.12 bits per heavy atom. The molecule has 4 nitrogen and oxygen atoms in total. The van der Waals surface area contributed by atoms with E-state index in [1.165, 1.54) is 11.1 Å². The molecule has 0 saturated heterocycles. The van der Waals surface area contributed by atoms with E-state index in [-0.39, 0.29) is 17.8 Å². The van der Waals surface area contributed by atoms with Gasteiger partial charge in [0.05, 0.1) is 20.0 Å². The zero-order chi connectivity index (χ0) is 22.9. The molecule has 0 spiro atoms. The van der Waals surface area contributed by atoms with Crippen molar-refractivity contribution in [1.29, 1.82) is 0 Å². The summed E-state index contributed by atoms with van der Waals surface area (Å²) in [5.74, 6) is 1.60. The summed E-state index contributed by atoms with van der Waals surface area (Å²) in [5.41, 5.74) is 5.58. The van der Waals surface area contributed by atoms with Gasteiger partial charge in [-0.3, -0.25) is 0 Å². The zero-order valence-corrected chi connectivity index (χ0v) is 19.3. The van der Waals surface area contributed by atoms with Crippen molar-refractivity contribution in [3.05, 3.63) is 94.5 Å². The van der Waals surface area contributed by atoms with Crippen molar-refractivity contribution in [3.63, 3.8) is 0 Å². The molecule has 0 bridgehead atoms. The van der Waals surface area contributed by atoms with Crippen molar-refractivity contribution in [2.75, 3.05) is 13.7 Å². The standard InChI is InChI=1S/C29H28O4/c1-4-32-29(30)27-18(2)14-20-15-19(16-21-8-7-13-33-21)17-25(20)28(27)24-11-12-26(31-3)23-10-6-5-9-22(23)24/h5-14,16,25,28H,4,15,17H2,1-3H3/b19-16-. The van der Waals surface area contributed by atoms with Crippen molar-refractivity contribution in [2.45, 2.75) is 32.6 Å². The molecule has 1 aromatic heterocycles. The van der Waals surface area contributed by atoms with E-state index in [4.69, 9.17) is 13.9 Å². The molecule has 2 unspecified atom stereocenters. The third-order valence-corrected chi connectivity index (χ3v) is 6.79. The van der Waals surface area contributed by atoms with Crippen LogP contribution in [-0.4, -0.2) is 19.7 Å². The SMILES string of the molecule is CCOC(=O)C1=C(C)C=C2C/C(=C/c3ccco3)CC2C1c1ccc(OC)c2ccccc12. The summed E-state index contributed by atoms with van der Waals surface area (Å²) >= 11 is 0. The zero-order valence-electron chi connectivity index (χ0n) is 19.3. The number of hydrogen-bond donors (Lipinski definition) is 0. The molecule has 0 N–H and O–H groups in total. The van der Waals surface area contributed by atoms with Gasteiger partial charge in [0.1, 0.15) is 11.5 Å². The summed E-state index contributed by atoms with van der Waals surface area (Å²) < 4.78 is 16.7. The third kappa shape index (κ3) is 3.80. The van der Waals surface area contributed by atoms with E-state index >= 15 is 0 Å². The Morgan fingerprint density at radius 3 is 2.67 bits per heavy atom. The molecular formula is C29H28O4. The Morgan fingerprint density at radius 2 is 1.94 bits per heavy atom. The highest BCUT2D eigenvalue weighted by molar-refractivity contribution is 5.97. The highest BCUT2D eigenvalue weighted by Crippen LogP contribution is 2.53. The molecule has 2 atom stereocenters. The van der Waals surface area contributed by atoms with E-state index in [0.29, 0.717) is 6.61 Å². The van der Waals surface area contributed by atoms with Crippen molar-refractivity contribution in [3.8, 4) is 5.75 Å². The van der Waals surface area contributed by atoms with Crippen LogP contribution < -0.4 is 4.74 Å². The molecule has 1 heterocycles. The van der Waals surface area contributed by atoms with E-state index in [2.05, 4.69) is 30.4 Å². The molecule has 168 valence electrons. The van der Waals surface area contributed by atoms with E-state index in [9.17, 15) is 4.79 Å². The van der Waals surface area contributed by atoms with E-state index in [1.807, 2.05) is 44.2 Å². The van der Waals surface area contributed by atoms with Crippen LogP contribution in [0.1, 0.15) is 43.9 Å².